The van der Waals surface area contributed by atoms with Crippen LogP contribution in [-0.2, 0) is 0 Å². The highest BCUT2D eigenvalue weighted by molar-refractivity contribution is 7.98. The number of nitrogens with zero attached hydrogens (tertiary/aromatic N) is 1. The third kappa shape index (κ3) is 1.41. The van der Waals surface area contributed by atoms with Crippen molar-refractivity contribution < 1.29 is 4.39 Å². The predicted molar refractivity (Wildman–Crippen MR) is 41.0 cm³/mol. The molecular formula is C6H5ClFNS. The largest absolute Gasteiger partial charge is 0.232 e. The molecule has 1 nitrogen and oxygen atoms in total. The summed E-state index contributed by atoms with van der Waals surface area (Å²) >= 11 is 6.93. The van der Waals surface area contributed by atoms with Crippen molar-refractivity contribution in [2.24, 2.45) is 0 Å². The average molecular weight is 178 g/mol. The molecule has 54 valence electrons. The quantitative estimate of drug-likeness (QED) is 0.483. The number of thioether (sulfide) groups is 1. The van der Waals surface area contributed by atoms with Gasteiger partial charge in [-0.05, 0) is 12.3 Å². The van der Waals surface area contributed by atoms with E-state index in [0.29, 0.717) is 4.90 Å². The molecule has 0 atom stereocenters. The van der Waals surface area contributed by atoms with Crippen molar-refractivity contribution in [3.63, 3.8) is 0 Å². The van der Waals surface area contributed by atoms with Gasteiger partial charge < -0.3 is 0 Å². The first-order chi connectivity index (χ1) is 4.75. The molecule has 0 saturated carbocycles. The maximum atomic E-state index is 12.5. The minimum absolute atomic E-state index is 0.106. The molecule has 0 saturated heterocycles. The third-order valence-electron chi connectivity index (χ3n) is 1.03. The van der Waals surface area contributed by atoms with E-state index in [1.165, 1.54) is 18.0 Å². The molecule has 0 N–H and O–H groups in total. The van der Waals surface area contributed by atoms with Gasteiger partial charge in [0.15, 0.2) is 0 Å². The molecule has 4 heteroatoms. The summed E-state index contributed by atoms with van der Waals surface area (Å²) in [5, 5.41) is 0.106. The lowest BCUT2D eigenvalue weighted by atomic mass is 10.5. The highest BCUT2D eigenvalue weighted by atomic mass is 35.5. The van der Waals surface area contributed by atoms with Crippen LogP contribution in [0.15, 0.2) is 17.2 Å². The summed E-state index contributed by atoms with van der Waals surface area (Å²) in [7, 11) is 0. The van der Waals surface area contributed by atoms with E-state index < -0.39 is 5.95 Å². The second-order valence-corrected chi connectivity index (χ2v) is 2.84. The van der Waals surface area contributed by atoms with E-state index in [2.05, 4.69) is 4.98 Å². The summed E-state index contributed by atoms with van der Waals surface area (Å²) in [6, 6.07) is 1.68. The molecule has 1 aromatic rings. The van der Waals surface area contributed by atoms with Crippen LogP contribution in [0.5, 0.6) is 0 Å². The summed E-state index contributed by atoms with van der Waals surface area (Å²) in [5.41, 5.74) is 0. The molecular weight excluding hydrogens is 173 g/mol. The van der Waals surface area contributed by atoms with Crippen LogP contribution in [0.4, 0.5) is 4.39 Å². The normalized spacial score (nSPS) is 9.90. The summed E-state index contributed by atoms with van der Waals surface area (Å²) in [6.07, 6.45) is 3.23. The lowest BCUT2D eigenvalue weighted by Gasteiger charge is -1.97. The lowest BCUT2D eigenvalue weighted by molar-refractivity contribution is 0.580. The number of aromatic nitrogens is 1. The van der Waals surface area contributed by atoms with Gasteiger partial charge in [0.2, 0.25) is 5.95 Å². The standard InChI is InChI=1S/C6H5ClFNS/c1-10-4-2-3-9-6(8)5(4)7/h2-3H,1H3. The molecule has 0 spiro atoms. The Morgan fingerprint density at radius 1 is 1.70 bits per heavy atom. The van der Waals surface area contributed by atoms with Crippen molar-refractivity contribution in [3.05, 3.63) is 23.2 Å². The zero-order valence-corrected chi connectivity index (χ0v) is 6.84. The van der Waals surface area contributed by atoms with Crippen LogP contribution in [0.1, 0.15) is 0 Å². The van der Waals surface area contributed by atoms with Crippen LogP contribution in [0.3, 0.4) is 0 Å². The Morgan fingerprint density at radius 2 is 2.40 bits per heavy atom. The minimum atomic E-state index is -0.603. The monoisotopic (exact) mass is 177 g/mol. The third-order valence-corrected chi connectivity index (χ3v) is 2.28. The molecule has 1 heterocycles. The highest BCUT2D eigenvalue weighted by Gasteiger charge is 2.03. The Morgan fingerprint density at radius 3 is 2.90 bits per heavy atom. The number of halogens is 2. The van der Waals surface area contributed by atoms with Gasteiger partial charge in [0.1, 0.15) is 5.02 Å². The zero-order valence-electron chi connectivity index (χ0n) is 5.27. The molecule has 0 aliphatic rings. The molecule has 0 fully saturated rings. The van der Waals surface area contributed by atoms with Gasteiger partial charge in [0.05, 0.1) is 0 Å². The van der Waals surface area contributed by atoms with E-state index in [-0.39, 0.29) is 5.02 Å². The lowest BCUT2D eigenvalue weighted by Crippen LogP contribution is -1.84. The fourth-order valence-corrected chi connectivity index (χ4v) is 1.36. The number of hydrogen-bond donors (Lipinski definition) is 0. The van der Waals surface area contributed by atoms with E-state index >= 15 is 0 Å². The van der Waals surface area contributed by atoms with Crippen molar-refractivity contribution in [1.82, 2.24) is 4.98 Å². The van der Waals surface area contributed by atoms with Crippen LogP contribution < -0.4 is 0 Å². The van der Waals surface area contributed by atoms with Gasteiger partial charge in [-0.2, -0.15) is 4.39 Å². The van der Waals surface area contributed by atoms with E-state index in [0.717, 1.165) is 0 Å². The highest BCUT2D eigenvalue weighted by Crippen LogP contribution is 2.25. The van der Waals surface area contributed by atoms with Crippen molar-refractivity contribution in [2.45, 2.75) is 4.90 Å². The summed E-state index contributed by atoms with van der Waals surface area (Å²) in [6.45, 7) is 0. The maximum Gasteiger partial charge on any atom is 0.232 e. The van der Waals surface area contributed by atoms with Crippen molar-refractivity contribution >= 4 is 23.4 Å². The van der Waals surface area contributed by atoms with Crippen LogP contribution in [0.25, 0.3) is 0 Å². The molecule has 0 aromatic carbocycles. The van der Waals surface area contributed by atoms with Crippen LogP contribution >= 0.6 is 23.4 Å². The SMILES string of the molecule is CSc1ccnc(F)c1Cl. The molecule has 1 aromatic heterocycles. The maximum absolute atomic E-state index is 12.5. The average Bonchev–Trinajstić information content (AvgIpc) is 1.95. The van der Waals surface area contributed by atoms with E-state index in [4.69, 9.17) is 11.6 Å². The van der Waals surface area contributed by atoms with Crippen molar-refractivity contribution in [2.75, 3.05) is 6.26 Å². The van der Waals surface area contributed by atoms with Gasteiger partial charge in [-0.1, -0.05) is 11.6 Å². The smallest absolute Gasteiger partial charge is 0.227 e. The Hall–Kier alpha value is -0.280. The molecule has 0 amide bonds. The fraction of sp³-hybridized carbons (Fsp3) is 0.167. The van der Waals surface area contributed by atoms with Crippen LogP contribution in [0, 0.1) is 5.95 Å². The Bertz CT molecular complexity index is 241. The van der Waals surface area contributed by atoms with Gasteiger partial charge >= 0.3 is 0 Å². The van der Waals surface area contributed by atoms with Crippen molar-refractivity contribution in [1.29, 1.82) is 0 Å². The summed E-state index contributed by atoms with van der Waals surface area (Å²) in [4.78, 5) is 4.09. The van der Waals surface area contributed by atoms with Crippen molar-refractivity contribution in [3.8, 4) is 0 Å². The van der Waals surface area contributed by atoms with Gasteiger partial charge in [-0.3, -0.25) is 0 Å². The minimum Gasteiger partial charge on any atom is -0.227 e. The van der Waals surface area contributed by atoms with Gasteiger partial charge in [0, 0.05) is 11.1 Å². The predicted octanol–water partition coefficient (Wildman–Crippen LogP) is 2.60. The van der Waals surface area contributed by atoms with Crippen LogP contribution in [0.2, 0.25) is 5.02 Å². The number of hydrogen-bond acceptors (Lipinski definition) is 2. The molecule has 1 rings (SSSR count). The zero-order chi connectivity index (χ0) is 7.56. The number of pyridine rings is 1. The van der Waals surface area contributed by atoms with Gasteiger partial charge in [-0.25, -0.2) is 4.98 Å². The summed E-state index contributed by atoms with van der Waals surface area (Å²) in [5.74, 6) is -0.603. The van der Waals surface area contributed by atoms with Gasteiger partial charge in [-0.15, -0.1) is 11.8 Å². The molecule has 0 bridgehead atoms. The van der Waals surface area contributed by atoms with Gasteiger partial charge in [0.25, 0.3) is 0 Å². The van der Waals surface area contributed by atoms with E-state index in [1.807, 2.05) is 6.26 Å². The second-order valence-electron chi connectivity index (χ2n) is 1.62. The van der Waals surface area contributed by atoms with Crippen LogP contribution in [-0.4, -0.2) is 11.2 Å². The fourth-order valence-electron chi connectivity index (χ4n) is 0.560. The van der Waals surface area contributed by atoms with E-state index in [9.17, 15) is 4.39 Å². The summed E-state index contributed by atoms with van der Waals surface area (Å²) < 4.78 is 12.5. The Balaban J connectivity index is 3.14. The second kappa shape index (κ2) is 3.21. The Kier molecular flexibility index (Phi) is 2.51. The topological polar surface area (TPSA) is 12.9 Å². The van der Waals surface area contributed by atoms with E-state index in [1.54, 1.807) is 6.07 Å². The molecule has 0 unspecified atom stereocenters. The number of rotatable bonds is 1. The molecule has 0 radical (unpaired) electrons. The molecule has 0 aliphatic heterocycles. The Labute approximate surface area is 67.6 Å². The molecule has 0 aliphatic carbocycles. The molecule has 10 heavy (non-hydrogen) atoms. The first kappa shape index (κ1) is 7.82. The first-order valence-electron chi connectivity index (χ1n) is 2.59. The first-order valence-corrected chi connectivity index (χ1v) is 4.20.